The van der Waals surface area contributed by atoms with Crippen LogP contribution >= 0.6 is 0 Å². The molecule has 1 aliphatic rings. The van der Waals surface area contributed by atoms with Crippen LogP contribution in [0.15, 0.2) is 72.8 Å². The van der Waals surface area contributed by atoms with Crippen molar-refractivity contribution in [1.82, 2.24) is 4.90 Å². The maximum absolute atomic E-state index is 12.7. The van der Waals surface area contributed by atoms with Gasteiger partial charge in [-0.3, -0.25) is 9.69 Å². The number of methoxy groups -OCH3 is 1. The maximum Gasteiger partial charge on any atom is 0.255 e. The number of hydrogen-bond donors (Lipinski definition) is 2. The van der Waals surface area contributed by atoms with Crippen molar-refractivity contribution >= 4 is 23.0 Å². The van der Waals surface area contributed by atoms with Crippen molar-refractivity contribution in [2.75, 3.05) is 44.0 Å². The molecule has 166 valence electrons. The van der Waals surface area contributed by atoms with Crippen LogP contribution in [0.2, 0.25) is 0 Å². The van der Waals surface area contributed by atoms with Crippen LogP contribution in [0.3, 0.4) is 0 Å². The average molecular weight is 432 g/mol. The van der Waals surface area contributed by atoms with E-state index in [1.807, 2.05) is 54.6 Å². The number of likely N-dealkylation sites (tertiary alicyclic amines) is 1. The molecule has 1 amide bonds. The molecule has 6 heteroatoms. The van der Waals surface area contributed by atoms with Crippen LogP contribution in [0.5, 0.6) is 11.5 Å². The first-order chi connectivity index (χ1) is 15.7. The van der Waals surface area contributed by atoms with E-state index >= 15 is 0 Å². The lowest BCUT2D eigenvalue weighted by molar-refractivity contribution is 0.102. The van der Waals surface area contributed by atoms with Crippen molar-refractivity contribution < 1.29 is 14.3 Å². The molecule has 1 heterocycles. The van der Waals surface area contributed by atoms with Crippen LogP contribution in [0.25, 0.3) is 0 Å². The first-order valence-electron chi connectivity index (χ1n) is 11.0. The maximum atomic E-state index is 12.7. The van der Waals surface area contributed by atoms with Gasteiger partial charge in [0.25, 0.3) is 5.91 Å². The van der Waals surface area contributed by atoms with Crippen LogP contribution in [0.1, 0.15) is 23.2 Å². The molecular formula is C26H29N3O3. The highest BCUT2D eigenvalue weighted by molar-refractivity contribution is 6.04. The Morgan fingerprint density at radius 3 is 2.28 bits per heavy atom. The van der Waals surface area contributed by atoms with Crippen molar-refractivity contribution in [3.8, 4) is 11.5 Å². The lowest BCUT2D eigenvalue weighted by Gasteiger charge is -2.16. The smallest absolute Gasteiger partial charge is 0.255 e. The molecule has 0 aliphatic carbocycles. The summed E-state index contributed by atoms with van der Waals surface area (Å²) in [6.45, 7) is 3.83. The molecule has 0 unspecified atom stereocenters. The number of para-hydroxylation sites is 1. The largest absolute Gasteiger partial charge is 0.493 e. The zero-order valence-corrected chi connectivity index (χ0v) is 18.3. The molecule has 1 aliphatic heterocycles. The lowest BCUT2D eigenvalue weighted by Crippen LogP contribution is -2.25. The van der Waals surface area contributed by atoms with Gasteiger partial charge >= 0.3 is 0 Å². The van der Waals surface area contributed by atoms with Gasteiger partial charge in [0.2, 0.25) is 0 Å². The Morgan fingerprint density at radius 2 is 1.56 bits per heavy atom. The number of ether oxygens (including phenoxy) is 2. The van der Waals surface area contributed by atoms with Gasteiger partial charge in [-0.25, -0.2) is 0 Å². The SMILES string of the molecule is COc1cc(NC(=O)c2ccc(Nc3ccccc3)cc2)ccc1OCCN1CCCC1. The van der Waals surface area contributed by atoms with E-state index in [9.17, 15) is 4.79 Å². The molecule has 0 aromatic heterocycles. The zero-order chi connectivity index (χ0) is 22.2. The van der Waals surface area contributed by atoms with Crippen LogP contribution < -0.4 is 20.1 Å². The second-order valence-electron chi connectivity index (χ2n) is 7.79. The summed E-state index contributed by atoms with van der Waals surface area (Å²) in [6, 6.07) is 22.7. The van der Waals surface area contributed by atoms with Gasteiger partial charge in [0, 0.05) is 35.2 Å². The van der Waals surface area contributed by atoms with E-state index in [1.54, 1.807) is 25.3 Å². The first kappa shape index (κ1) is 21.7. The summed E-state index contributed by atoms with van der Waals surface area (Å²) in [4.78, 5) is 15.1. The molecule has 2 N–H and O–H groups in total. The molecule has 6 nitrogen and oxygen atoms in total. The second kappa shape index (κ2) is 10.7. The fraction of sp³-hybridized carbons (Fsp3) is 0.269. The van der Waals surface area contributed by atoms with Crippen molar-refractivity contribution in [2.24, 2.45) is 0 Å². The Morgan fingerprint density at radius 1 is 0.875 bits per heavy atom. The summed E-state index contributed by atoms with van der Waals surface area (Å²) in [5.41, 5.74) is 3.16. The molecule has 0 bridgehead atoms. The summed E-state index contributed by atoms with van der Waals surface area (Å²) in [6.07, 6.45) is 2.54. The third kappa shape index (κ3) is 5.80. The molecule has 32 heavy (non-hydrogen) atoms. The van der Waals surface area contributed by atoms with Gasteiger partial charge in [0.05, 0.1) is 7.11 Å². The van der Waals surface area contributed by atoms with Crippen LogP contribution in [-0.4, -0.2) is 44.2 Å². The number of amides is 1. The Balaban J connectivity index is 1.33. The van der Waals surface area contributed by atoms with Gasteiger partial charge in [-0.1, -0.05) is 18.2 Å². The minimum atomic E-state index is -0.180. The third-order valence-electron chi connectivity index (χ3n) is 5.49. The molecule has 3 aromatic rings. The number of nitrogens with zero attached hydrogens (tertiary/aromatic N) is 1. The normalized spacial score (nSPS) is 13.5. The Labute approximate surface area is 189 Å². The highest BCUT2D eigenvalue weighted by atomic mass is 16.5. The average Bonchev–Trinajstić information content (AvgIpc) is 3.34. The van der Waals surface area contributed by atoms with Gasteiger partial charge in [-0.05, 0) is 74.5 Å². The lowest BCUT2D eigenvalue weighted by atomic mass is 10.1. The van der Waals surface area contributed by atoms with E-state index in [0.717, 1.165) is 31.0 Å². The van der Waals surface area contributed by atoms with Crippen molar-refractivity contribution in [2.45, 2.75) is 12.8 Å². The number of anilines is 3. The minimum absolute atomic E-state index is 0.180. The first-order valence-corrected chi connectivity index (χ1v) is 11.0. The molecule has 0 saturated carbocycles. The Hall–Kier alpha value is -3.51. The number of rotatable bonds is 9. The van der Waals surface area contributed by atoms with Gasteiger partial charge in [0.15, 0.2) is 11.5 Å². The summed E-state index contributed by atoms with van der Waals surface area (Å²) < 4.78 is 11.4. The van der Waals surface area contributed by atoms with Crippen molar-refractivity contribution in [3.63, 3.8) is 0 Å². The van der Waals surface area contributed by atoms with Gasteiger partial charge in [-0.2, -0.15) is 0 Å². The summed E-state index contributed by atoms with van der Waals surface area (Å²) in [5.74, 6) is 1.11. The van der Waals surface area contributed by atoms with Gasteiger partial charge in [-0.15, -0.1) is 0 Å². The number of carbonyl (C=O) groups is 1. The summed E-state index contributed by atoms with van der Waals surface area (Å²) in [5, 5.41) is 6.24. The van der Waals surface area contributed by atoms with E-state index in [1.165, 1.54) is 12.8 Å². The molecule has 3 aromatic carbocycles. The van der Waals surface area contributed by atoms with E-state index in [0.29, 0.717) is 29.4 Å². The topological polar surface area (TPSA) is 62.8 Å². The third-order valence-corrected chi connectivity index (χ3v) is 5.49. The fourth-order valence-electron chi connectivity index (χ4n) is 3.75. The molecule has 0 radical (unpaired) electrons. The summed E-state index contributed by atoms with van der Waals surface area (Å²) in [7, 11) is 1.60. The van der Waals surface area contributed by atoms with E-state index < -0.39 is 0 Å². The van der Waals surface area contributed by atoms with Gasteiger partial charge < -0.3 is 20.1 Å². The minimum Gasteiger partial charge on any atom is -0.493 e. The monoisotopic (exact) mass is 431 g/mol. The molecule has 0 atom stereocenters. The highest BCUT2D eigenvalue weighted by Crippen LogP contribution is 2.30. The highest BCUT2D eigenvalue weighted by Gasteiger charge is 2.13. The fourth-order valence-corrected chi connectivity index (χ4v) is 3.75. The second-order valence-corrected chi connectivity index (χ2v) is 7.79. The zero-order valence-electron chi connectivity index (χ0n) is 18.3. The standard InChI is InChI=1S/C26H29N3O3/c1-31-25-19-23(13-14-24(25)32-18-17-29-15-5-6-16-29)28-26(30)20-9-11-22(12-10-20)27-21-7-3-2-4-8-21/h2-4,7-14,19,27H,5-6,15-18H2,1H3,(H,28,30). The van der Waals surface area contributed by atoms with Gasteiger partial charge in [0.1, 0.15) is 6.61 Å². The van der Waals surface area contributed by atoms with Crippen LogP contribution in [-0.2, 0) is 0 Å². The number of nitrogens with one attached hydrogen (secondary N) is 2. The van der Waals surface area contributed by atoms with Crippen molar-refractivity contribution in [3.05, 3.63) is 78.4 Å². The molecule has 1 fully saturated rings. The number of benzene rings is 3. The molecule has 4 rings (SSSR count). The molecular weight excluding hydrogens is 402 g/mol. The van der Waals surface area contributed by atoms with E-state index in [-0.39, 0.29) is 5.91 Å². The molecule has 0 spiro atoms. The predicted molar refractivity (Wildman–Crippen MR) is 128 cm³/mol. The van der Waals surface area contributed by atoms with E-state index in [2.05, 4.69) is 15.5 Å². The quantitative estimate of drug-likeness (QED) is 0.490. The Kier molecular flexibility index (Phi) is 7.25. The van der Waals surface area contributed by atoms with Crippen molar-refractivity contribution in [1.29, 1.82) is 0 Å². The van der Waals surface area contributed by atoms with E-state index in [4.69, 9.17) is 9.47 Å². The predicted octanol–water partition coefficient (Wildman–Crippen LogP) is 5.17. The van der Waals surface area contributed by atoms with Crippen LogP contribution in [0, 0.1) is 0 Å². The molecule has 1 saturated heterocycles. The number of hydrogen-bond acceptors (Lipinski definition) is 5. The summed E-state index contributed by atoms with van der Waals surface area (Å²) >= 11 is 0. The Bertz CT molecular complexity index is 1020. The van der Waals surface area contributed by atoms with Crippen LogP contribution in [0.4, 0.5) is 17.1 Å². The number of carbonyl (C=O) groups excluding carboxylic acids is 1.